The Morgan fingerprint density at radius 2 is 1.66 bits per heavy atom. The molecule has 13 heteroatoms. The van der Waals surface area contributed by atoms with E-state index in [9.17, 15) is 27.6 Å². The van der Waals surface area contributed by atoms with E-state index in [2.05, 4.69) is 15.7 Å². The second kappa shape index (κ2) is 11.4. The number of hydrogen-bond acceptors (Lipinski definition) is 5. The Hall–Kier alpha value is -3.57. The lowest BCUT2D eigenvalue weighted by Gasteiger charge is -2.31. The van der Waals surface area contributed by atoms with Gasteiger partial charge in [-0.2, -0.15) is 18.3 Å². The summed E-state index contributed by atoms with van der Waals surface area (Å²) in [4.78, 5) is 37.5. The number of esters is 1. The van der Waals surface area contributed by atoms with Gasteiger partial charge in [-0.05, 0) is 48.2 Å². The third-order valence-corrected chi connectivity index (χ3v) is 7.66. The summed E-state index contributed by atoms with van der Waals surface area (Å²) in [6, 6.07) is 10.8. The number of hydrogen-bond donors (Lipinski definition) is 2. The average Bonchev–Trinajstić information content (AvgIpc) is 3.33. The molecule has 1 unspecified atom stereocenters. The van der Waals surface area contributed by atoms with Gasteiger partial charge >= 0.3 is 18.2 Å². The average molecular weight is 611 g/mol. The number of urea groups is 1. The number of benzene rings is 2. The van der Waals surface area contributed by atoms with E-state index in [0.29, 0.717) is 22.5 Å². The summed E-state index contributed by atoms with van der Waals surface area (Å²) < 4.78 is 46.4. The summed E-state index contributed by atoms with van der Waals surface area (Å²) >= 11 is 12.2. The Morgan fingerprint density at radius 3 is 2.29 bits per heavy atom. The van der Waals surface area contributed by atoms with E-state index in [0.717, 1.165) is 7.11 Å². The van der Waals surface area contributed by atoms with Crippen LogP contribution < -0.4 is 10.6 Å². The molecule has 3 aromatic rings. The Kier molecular flexibility index (Phi) is 8.42. The van der Waals surface area contributed by atoms with Crippen molar-refractivity contribution in [3.8, 4) is 5.69 Å². The van der Waals surface area contributed by atoms with E-state index in [4.69, 9.17) is 27.9 Å². The maximum Gasteiger partial charge on any atom is 0.450 e. The minimum absolute atomic E-state index is 0.0883. The molecule has 4 rings (SSSR count). The van der Waals surface area contributed by atoms with Gasteiger partial charge < -0.3 is 10.1 Å². The molecule has 0 bridgehead atoms. The number of anilines is 2. The van der Waals surface area contributed by atoms with Crippen LogP contribution in [0.25, 0.3) is 5.69 Å². The molecule has 0 aliphatic heterocycles. The Balaban J connectivity index is 1.70. The van der Waals surface area contributed by atoms with Crippen molar-refractivity contribution in [2.75, 3.05) is 17.7 Å². The summed E-state index contributed by atoms with van der Waals surface area (Å²) in [5, 5.41) is 10.4. The monoisotopic (exact) mass is 610 g/mol. The second-order valence-corrected chi connectivity index (χ2v) is 11.5. The van der Waals surface area contributed by atoms with Crippen molar-refractivity contribution in [1.82, 2.24) is 9.78 Å². The van der Waals surface area contributed by atoms with Crippen molar-refractivity contribution in [3.05, 3.63) is 69.3 Å². The van der Waals surface area contributed by atoms with E-state index in [1.54, 1.807) is 42.5 Å². The molecule has 1 aliphatic carbocycles. The molecule has 2 amide bonds. The number of fused-ring (bicyclic) bond motifs is 1. The molecular weight excluding hydrogens is 584 g/mol. The number of ether oxygens (including phenoxy) is 1. The van der Waals surface area contributed by atoms with E-state index >= 15 is 0 Å². The number of halogens is 5. The van der Waals surface area contributed by atoms with Gasteiger partial charge in [0.1, 0.15) is 5.82 Å². The van der Waals surface area contributed by atoms with Crippen LogP contribution in [0.2, 0.25) is 10.0 Å². The summed E-state index contributed by atoms with van der Waals surface area (Å²) in [7, 11) is 1.08. The lowest BCUT2D eigenvalue weighted by molar-refractivity contribution is -0.179. The van der Waals surface area contributed by atoms with Gasteiger partial charge in [-0.3, -0.25) is 14.9 Å². The number of carbonyl (C=O) groups excluding carboxylic acids is 3. The van der Waals surface area contributed by atoms with Gasteiger partial charge in [-0.25, -0.2) is 9.48 Å². The molecule has 218 valence electrons. The van der Waals surface area contributed by atoms with Crippen molar-refractivity contribution < 1.29 is 32.3 Å². The van der Waals surface area contributed by atoms with E-state index in [-0.39, 0.29) is 34.4 Å². The Bertz CT molecular complexity index is 1510. The first kappa shape index (κ1) is 30.4. The number of rotatable bonds is 5. The van der Waals surface area contributed by atoms with Crippen LogP contribution in [0, 0.1) is 11.8 Å². The highest BCUT2D eigenvalue weighted by Crippen LogP contribution is 2.37. The molecule has 41 heavy (non-hydrogen) atoms. The molecule has 2 N–H and O–H groups in total. The number of ketones is 1. The van der Waals surface area contributed by atoms with Crippen LogP contribution in [0.3, 0.4) is 0 Å². The van der Waals surface area contributed by atoms with Crippen LogP contribution >= 0.6 is 23.2 Å². The maximum absolute atomic E-state index is 13.4. The number of nitrogens with zero attached hydrogens (tertiary/aromatic N) is 2. The highest BCUT2D eigenvalue weighted by molar-refractivity contribution is 6.44. The molecule has 0 saturated carbocycles. The summed E-state index contributed by atoms with van der Waals surface area (Å²) in [5.74, 6) is -5.46. The zero-order chi connectivity index (χ0) is 30.3. The van der Waals surface area contributed by atoms with Crippen LogP contribution in [-0.2, 0) is 32.6 Å². The van der Waals surface area contributed by atoms with Gasteiger partial charge in [0.25, 0.3) is 0 Å². The van der Waals surface area contributed by atoms with E-state index in [1.807, 2.05) is 20.8 Å². The molecular formula is C28H27Cl2F3N4O4. The number of nitrogens with one attached hydrogen (secondary N) is 2. The van der Waals surface area contributed by atoms with Gasteiger partial charge in [-0.15, -0.1) is 0 Å². The van der Waals surface area contributed by atoms with Gasteiger partial charge in [0.05, 0.1) is 40.1 Å². The van der Waals surface area contributed by atoms with Crippen LogP contribution in [0.5, 0.6) is 0 Å². The molecule has 8 nitrogen and oxygen atoms in total. The molecule has 2 aromatic carbocycles. The number of Topliss-reactive ketones (excluding diaryl/α,β-unsaturated/α-hetero) is 1. The molecule has 1 aliphatic rings. The molecule has 2 atom stereocenters. The number of aromatic nitrogens is 2. The van der Waals surface area contributed by atoms with Crippen molar-refractivity contribution >= 4 is 52.5 Å². The van der Waals surface area contributed by atoms with Gasteiger partial charge in [0, 0.05) is 17.4 Å². The number of amides is 2. The standard InChI is InChI=1S/C28H27Cl2F3N4O4/c1-27(2,3)21-13-22(35-26(40)34-20-7-5-6-19(29)23(20)30)37(36-21)16-9-8-14-11-18(25(39)41-4)17(12-15(14)10-16)24(38)28(31,32)33/h5-10,13,17-18H,11-12H2,1-4H3,(H2,34,35,40)/t17?,18-/m1/s1. The third-order valence-electron chi connectivity index (χ3n) is 6.84. The molecule has 1 heterocycles. The second-order valence-electron chi connectivity index (χ2n) is 10.7. The van der Waals surface area contributed by atoms with Crippen LogP contribution in [0.1, 0.15) is 37.6 Å². The zero-order valence-electron chi connectivity index (χ0n) is 22.5. The molecule has 1 aromatic heterocycles. The predicted octanol–water partition coefficient (Wildman–Crippen LogP) is 6.76. The van der Waals surface area contributed by atoms with Gasteiger partial charge in [-0.1, -0.05) is 56.1 Å². The third kappa shape index (κ3) is 6.51. The number of carbonyl (C=O) groups is 3. The minimum atomic E-state index is -5.11. The highest BCUT2D eigenvalue weighted by Gasteiger charge is 2.49. The normalized spacial score (nSPS) is 17.0. The zero-order valence-corrected chi connectivity index (χ0v) is 24.0. The van der Waals surface area contributed by atoms with Gasteiger partial charge in [0.15, 0.2) is 0 Å². The first-order valence-electron chi connectivity index (χ1n) is 12.5. The van der Waals surface area contributed by atoms with Crippen molar-refractivity contribution in [2.24, 2.45) is 11.8 Å². The number of methoxy groups -OCH3 is 1. The summed E-state index contributed by atoms with van der Waals surface area (Å²) in [6.07, 6.45) is -5.51. The molecule has 0 radical (unpaired) electrons. The van der Waals surface area contributed by atoms with Crippen LogP contribution in [0.15, 0.2) is 42.5 Å². The predicted molar refractivity (Wildman–Crippen MR) is 149 cm³/mol. The summed E-state index contributed by atoms with van der Waals surface area (Å²) in [6.45, 7) is 5.80. The van der Waals surface area contributed by atoms with Crippen LogP contribution in [-0.4, -0.2) is 40.9 Å². The lowest BCUT2D eigenvalue weighted by atomic mass is 9.73. The fourth-order valence-electron chi connectivity index (χ4n) is 4.68. The molecule has 0 spiro atoms. The van der Waals surface area contributed by atoms with Crippen molar-refractivity contribution in [2.45, 2.75) is 45.2 Å². The van der Waals surface area contributed by atoms with Crippen LogP contribution in [0.4, 0.5) is 29.5 Å². The Morgan fingerprint density at radius 1 is 0.976 bits per heavy atom. The quantitative estimate of drug-likeness (QED) is 0.311. The molecule has 0 saturated heterocycles. The first-order valence-corrected chi connectivity index (χ1v) is 13.3. The topological polar surface area (TPSA) is 102 Å². The molecule has 0 fully saturated rings. The SMILES string of the molecule is COC(=O)[C@@H]1Cc2ccc(-n3nc(C(C)(C)C)cc3NC(=O)Nc3cccc(Cl)c3Cl)cc2CC1C(=O)C(F)(F)F. The largest absolute Gasteiger partial charge is 0.469 e. The maximum atomic E-state index is 13.4. The van der Waals surface area contributed by atoms with E-state index in [1.165, 1.54) is 4.68 Å². The van der Waals surface area contributed by atoms with E-state index < -0.39 is 41.2 Å². The fourth-order valence-corrected chi connectivity index (χ4v) is 5.03. The minimum Gasteiger partial charge on any atom is -0.469 e. The van der Waals surface area contributed by atoms with Crippen molar-refractivity contribution in [3.63, 3.8) is 0 Å². The highest BCUT2D eigenvalue weighted by atomic mass is 35.5. The smallest absolute Gasteiger partial charge is 0.450 e. The lowest BCUT2D eigenvalue weighted by Crippen LogP contribution is -2.42. The fraction of sp³-hybridized carbons (Fsp3) is 0.357. The summed E-state index contributed by atoms with van der Waals surface area (Å²) in [5.41, 5.74) is 2.00. The first-order chi connectivity index (χ1) is 19.1. The van der Waals surface area contributed by atoms with Gasteiger partial charge in [0.2, 0.25) is 5.78 Å². The Labute approximate surface area is 244 Å². The van der Waals surface area contributed by atoms with Crippen molar-refractivity contribution in [1.29, 1.82) is 0 Å². The number of alkyl halides is 3.